The molecule has 1 amide bonds. The Hall–Kier alpha value is -1.43. The molecule has 2 N–H and O–H groups in total. The number of hydrogen-bond donors (Lipinski definition) is 2. The molecule has 0 saturated heterocycles. The zero-order chi connectivity index (χ0) is 12.2. The summed E-state index contributed by atoms with van der Waals surface area (Å²) in [5.74, 6) is 0.894. The van der Waals surface area contributed by atoms with E-state index in [1.54, 1.807) is 6.92 Å². The van der Waals surface area contributed by atoms with Gasteiger partial charge in [0.2, 0.25) is 11.8 Å². The lowest BCUT2D eigenvalue weighted by Gasteiger charge is -2.23. The summed E-state index contributed by atoms with van der Waals surface area (Å²) < 4.78 is 4.80. The van der Waals surface area contributed by atoms with Crippen molar-refractivity contribution >= 4 is 5.91 Å². The van der Waals surface area contributed by atoms with E-state index in [1.807, 2.05) is 20.8 Å². The van der Waals surface area contributed by atoms with Crippen LogP contribution in [0, 0.1) is 6.92 Å². The molecular weight excluding hydrogens is 208 g/mol. The quantitative estimate of drug-likeness (QED) is 0.758. The molecule has 0 aliphatic carbocycles. The summed E-state index contributed by atoms with van der Waals surface area (Å²) in [4.78, 5) is 15.8. The van der Waals surface area contributed by atoms with E-state index in [9.17, 15) is 4.79 Å². The maximum atomic E-state index is 11.8. The van der Waals surface area contributed by atoms with E-state index in [0.29, 0.717) is 11.7 Å². The molecule has 0 unspecified atom stereocenters. The van der Waals surface area contributed by atoms with Gasteiger partial charge in [0.25, 0.3) is 0 Å². The molecule has 0 bridgehead atoms. The van der Waals surface area contributed by atoms with Crippen molar-refractivity contribution in [3.05, 3.63) is 11.7 Å². The third kappa shape index (κ3) is 3.30. The van der Waals surface area contributed by atoms with Crippen LogP contribution >= 0.6 is 0 Å². The molecule has 0 aliphatic rings. The highest BCUT2D eigenvalue weighted by atomic mass is 16.5. The SMILES string of the molecule is CCNC(C)(C)C(=O)NCc1noc(C)n1. The fourth-order valence-electron chi connectivity index (χ4n) is 1.32. The van der Waals surface area contributed by atoms with Crippen LogP contribution in [0.5, 0.6) is 0 Å². The van der Waals surface area contributed by atoms with Gasteiger partial charge in [-0.25, -0.2) is 0 Å². The van der Waals surface area contributed by atoms with Gasteiger partial charge in [0, 0.05) is 6.92 Å². The Bertz CT molecular complexity index is 359. The third-order valence-corrected chi connectivity index (χ3v) is 2.16. The molecule has 0 saturated carbocycles. The molecule has 0 aromatic carbocycles. The van der Waals surface area contributed by atoms with E-state index in [-0.39, 0.29) is 12.5 Å². The zero-order valence-electron chi connectivity index (χ0n) is 10.1. The molecular formula is C10H18N4O2. The molecule has 1 heterocycles. The first-order chi connectivity index (χ1) is 7.45. The highest BCUT2D eigenvalue weighted by Crippen LogP contribution is 2.02. The van der Waals surface area contributed by atoms with Crippen molar-refractivity contribution < 1.29 is 9.32 Å². The Morgan fingerprint density at radius 1 is 1.50 bits per heavy atom. The summed E-state index contributed by atoms with van der Waals surface area (Å²) in [6.07, 6.45) is 0. The van der Waals surface area contributed by atoms with Crippen molar-refractivity contribution in [2.75, 3.05) is 6.54 Å². The van der Waals surface area contributed by atoms with Crippen molar-refractivity contribution in [2.45, 2.75) is 39.8 Å². The lowest BCUT2D eigenvalue weighted by Crippen LogP contribution is -2.52. The number of aryl methyl sites for hydroxylation is 1. The lowest BCUT2D eigenvalue weighted by molar-refractivity contribution is -0.126. The number of rotatable bonds is 5. The van der Waals surface area contributed by atoms with Crippen molar-refractivity contribution in [1.82, 2.24) is 20.8 Å². The van der Waals surface area contributed by atoms with E-state index in [0.717, 1.165) is 6.54 Å². The van der Waals surface area contributed by atoms with Gasteiger partial charge in [-0.3, -0.25) is 4.79 Å². The second kappa shape index (κ2) is 5.07. The van der Waals surface area contributed by atoms with Gasteiger partial charge in [0.05, 0.1) is 12.1 Å². The third-order valence-electron chi connectivity index (χ3n) is 2.16. The summed E-state index contributed by atoms with van der Waals surface area (Å²) in [6, 6.07) is 0. The van der Waals surface area contributed by atoms with E-state index in [4.69, 9.17) is 4.52 Å². The van der Waals surface area contributed by atoms with Crippen LogP contribution in [0.3, 0.4) is 0 Å². The normalized spacial score (nSPS) is 11.5. The van der Waals surface area contributed by atoms with Gasteiger partial charge in [-0.15, -0.1) is 0 Å². The Morgan fingerprint density at radius 2 is 2.19 bits per heavy atom. The predicted molar refractivity (Wildman–Crippen MR) is 58.6 cm³/mol. The average molecular weight is 226 g/mol. The second-order valence-corrected chi connectivity index (χ2v) is 4.07. The van der Waals surface area contributed by atoms with Gasteiger partial charge >= 0.3 is 0 Å². The topological polar surface area (TPSA) is 80.0 Å². The van der Waals surface area contributed by atoms with Gasteiger partial charge in [-0.05, 0) is 20.4 Å². The minimum atomic E-state index is -0.590. The van der Waals surface area contributed by atoms with Crippen LogP contribution in [0.25, 0.3) is 0 Å². The number of nitrogens with zero attached hydrogens (tertiary/aromatic N) is 2. The molecule has 1 rings (SSSR count). The number of aromatic nitrogens is 2. The Balaban J connectivity index is 2.46. The Labute approximate surface area is 94.8 Å². The molecule has 1 aromatic rings. The van der Waals surface area contributed by atoms with Gasteiger partial charge < -0.3 is 15.2 Å². The summed E-state index contributed by atoms with van der Waals surface area (Å²) in [7, 11) is 0. The fraction of sp³-hybridized carbons (Fsp3) is 0.700. The van der Waals surface area contributed by atoms with Gasteiger partial charge in [-0.2, -0.15) is 4.98 Å². The maximum Gasteiger partial charge on any atom is 0.240 e. The van der Waals surface area contributed by atoms with Gasteiger partial charge in [-0.1, -0.05) is 12.1 Å². The van der Waals surface area contributed by atoms with E-state index >= 15 is 0 Å². The predicted octanol–water partition coefficient (Wildman–Crippen LogP) is 0.382. The molecule has 90 valence electrons. The standard InChI is InChI=1S/C10H18N4O2/c1-5-12-10(3,4)9(15)11-6-8-13-7(2)16-14-8/h12H,5-6H2,1-4H3,(H,11,15). The number of hydrogen-bond acceptors (Lipinski definition) is 5. The first kappa shape index (κ1) is 12.6. The average Bonchev–Trinajstić information content (AvgIpc) is 2.60. The van der Waals surface area contributed by atoms with Gasteiger partial charge in [0.1, 0.15) is 0 Å². The van der Waals surface area contributed by atoms with Crippen LogP contribution in [0.4, 0.5) is 0 Å². The zero-order valence-corrected chi connectivity index (χ0v) is 10.1. The van der Waals surface area contributed by atoms with Crippen molar-refractivity contribution in [1.29, 1.82) is 0 Å². The summed E-state index contributed by atoms with van der Waals surface area (Å²) in [5.41, 5.74) is -0.590. The Morgan fingerprint density at radius 3 is 2.69 bits per heavy atom. The monoisotopic (exact) mass is 226 g/mol. The van der Waals surface area contributed by atoms with E-state index < -0.39 is 5.54 Å². The van der Waals surface area contributed by atoms with Crippen LogP contribution in [-0.4, -0.2) is 28.1 Å². The van der Waals surface area contributed by atoms with Crippen molar-refractivity contribution in [3.63, 3.8) is 0 Å². The molecule has 6 heteroatoms. The van der Waals surface area contributed by atoms with Crippen molar-refractivity contribution in [2.24, 2.45) is 0 Å². The minimum Gasteiger partial charge on any atom is -0.347 e. The molecule has 1 aromatic heterocycles. The number of carbonyl (C=O) groups is 1. The van der Waals surface area contributed by atoms with Crippen LogP contribution in [0.1, 0.15) is 32.5 Å². The number of carbonyl (C=O) groups excluding carboxylic acids is 1. The Kier molecular flexibility index (Phi) is 4.00. The summed E-state index contributed by atoms with van der Waals surface area (Å²) >= 11 is 0. The first-order valence-corrected chi connectivity index (χ1v) is 5.28. The molecule has 16 heavy (non-hydrogen) atoms. The van der Waals surface area contributed by atoms with E-state index in [2.05, 4.69) is 20.8 Å². The molecule has 0 aliphatic heterocycles. The highest BCUT2D eigenvalue weighted by molar-refractivity contribution is 5.85. The smallest absolute Gasteiger partial charge is 0.240 e. The van der Waals surface area contributed by atoms with Crippen LogP contribution < -0.4 is 10.6 Å². The van der Waals surface area contributed by atoms with Crippen LogP contribution in [0.2, 0.25) is 0 Å². The maximum absolute atomic E-state index is 11.8. The first-order valence-electron chi connectivity index (χ1n) is 5.28. The highest BCUT2D eigenvalue weighted by Gasteiger charge is 2.25. The lowest BCUT2D eigenvalue weighted by atomic mass is 10.0. The van der Waals surface area contributed by atoms with Crippen LogP contribution in [-0.2, 0) is 11.3 Å². The molecule has 0 atom stereocenters. The second-order valence-electron chi connectivity index (χ2n) is 4.07. The molecule has 0 spiro atoms. The molecule has 0 fully saturated rings. The van der Waals surface area contributed by atoms with Crippen LogP contribution in [0.15, 0.2) is 4.52 Å². The largest absolute Gasteiger partial charge is 0.347 e. The number of likely N-dealkylation sites (N-methyl/N-ethyl adjacent to an activating group) is 1. The summed E-state index contributed by atoms with van der Waals surface area (Å²) in [5, 5.41) is 9.53. The summed E-state index contributed by atoms with van der Waals surface area (Å²) in [6.45, 7) is 8.34. The number of amides is 1. The molecule has 6 nitrogen and oxygen atoms in total. The van der Waals surface area contributed by atoms with E-state index in [1.165, 1.54) is 0 Å². The minimum absolute atomic E-state index is 0.0863. The molecule has 0 radical (unpaired) electrons. The van der Waals surface area contributed by atoms with Gasteiger partial charge in [0.15, 0.2) is 5.82 Å². The number of nitrogens with one attached hydrogen (secondary N) is 2. The fourth-order valence-corrected chi connectivity index (χ4v) is 1.32. The van der Waals surface area contributed by atoms with Crippen molar-refractivity contribution in [3.8, 4) is 0 Å².